The summed E-state index contributed by atoms with van der Waals surface area (Å²) >= 11 is 0. The SMILES string of the molecule is c1ccc(-c2ccc(-c3nc(-c4ccccc4)nc(-c4ccc5cc(-c6ccccc6-c6cccc7ccccc67)ccc5c4)n3)cc2)cc1. The lowest BCUT2D eigenvalue weighted by atomic mass is 9.90. The van der Waals surface area contributed by atoms with Crippen molar-refractivity contribution in [1.82, 2.24) is 15.0 Å². The van der Waals surface area contributed by atoms with Crippen molar-refractivity contribution in [2.45, 2.75) is 0 Å². The molecule has 50 heavy (non-hydrogen) atoms. The van der Waals surface area contributed by atoms with Crippen LogP contribution in [0.1, 0.15) is 0 Å². The van der Waals surface area contributed by atoms with Crippen molar-refractivity contribution < 1.29 is 0 Å². The Bertz CT molecular complexity index is 2620. The summed E-state index contributed by atoms with van der Waals surface area (Å²) in [5.41, 5.74) is 10.0. The molecule has 0 fully saturated rings. The first-order valence-corrected chi connectivity index (χ1v) is 16.9. The molecule has 0 atom stereocenters. The smallest absolute Gasteiger partial charge is 0.164 e. The molecule has 0 saturated carbocycles. The van der Waals surface area contributed by atoms with Gasteiger partial charge in [0, 0.05) is 16.7 Å². The van der Waals surface area contributed by atoms with Gasteiger partial charge in [-0.25, -0.2) is 15.0 Å². The van der Waals surface area contributed by atoms with Gasteiger partial charge in [0.15, 0.2) is 17.5 Å². The maximum atomic E-state index is 5.02. The topological polar surface area (TPSA) is 38.7 Å². The summed E-state index contributed by atoms with van der Waals surface area (Å²) in [5.74, 6) is 1.94. The van der Waals surface area contributed by atoms with Crippen molar-refractivity contribution in [2.75, 3.05) is 0 Å². The molecule has 3 nitrogen and oxygen atoms in total. The van der Waals surface area contributed by atoms with E-state index in [1.165, 1.54) is 38.6 Å². The highest BCUT2D eigenvalue weighted by Gasteiger charge is 2.14. The summed E-state index contributed by atoms with van der Waals surface area (Å²) in [4.78, 5) is 14.9. The van der Waals surface area contributed by atoms with E-state index in [2.05, 4.69) is 152 Å². The Morgan fingerprint density at radius 2 is 0.680 bits per heavy atom. The second kappa shape index (κ2) is 12.7. The van der Waals surface area contributed by atoms with Gasteiger partial charge in [-0.05, 0) is 67.1 Å². The highest BCUT2D eigenvalue weighted by molar-refractivity contribution is 6.01. The first-order valence-electron chi connectivity index (χ1n) is 16.9. The molecule has 9 rings (SSSR count). The predicted molar refractivity (Wildman–Crippen MR) is 207 cm³/mol. The van der Waals surface area contributed by atoms with Crippen molar-refractivity contribution >= 4 is 21.5 Å². The first kappa shape index (κ1) is 29.4. The molecule has 0 radical (unpaired) electrons. The summed E-state index contributed by atoms with van der Waals surface area (Å²) < 4.78 is 0. The lowest BCUT2D eigenvalue weighted by Gasteiger charge is -2.14. The van der Waals surface area contributed by atoms with Crippen LogP contribution < -0.4 is 0 Å². The lowest BCUT2D eigenvalue weighted by molar-refractivity contribution is 1.07. The summed E-state index contributed by atoms with van der Waals surface area (Å²) in [5, 5.41) is 4.79. The second-order valence-corrected chi connectivity index (χ2v) is 12.5. The van der Waals surface area contributed by atoms with Gasteiger partial charge in [0.25, 0.3) is 0 Å². The molecular weight excluding hydrogens is 607 g/mol. The average Bonchev–Trinajstić information content (AvgIpc) is 3.21. The Labute approximate surface area is 291 Å². The maximum absolute atomic E-state index is 5.02. The Morgan fingerprint density at radius 1 is 0.240 bits per heavy atom. The van der Waals surface area contributed by atoms with Crippen LogP contribution in [0, 0.1) is 0 Å². The molecule has 0 amide bonds. The fraction of sp³-hybridized carbons (Fsp3) is 0. The van der Waals surface area contributed by atoms with Gasteiger partial charge in [-0.1, -0.05) is 176 Å². The summed E-state index contributed by atoms with van der Waals surface area (Å²) in [7, 11) is 0. The fourth-order valence-corrected chi connectivity index (χ4v) is 6.78. The predicted octanol–water partition coefficient (Wildman–Crippen LogP) is 12.2. The molecule has 0 N–H and O–H groups in total. The Balaban J connectivity index is 1.11. The van der Waals surface area contributed by atoms with Gasteiger partial charge in [-0.15, -0.1) is 0 Å². The van der Waals surface area contributed by atoms with Crippen LogP contribution in [0.2, 0.25) is 0 Å². The normalized spacial score (nSPS) is 11.2. The van der Waals surface area contributed by atoms with Gasteiger partial charge in [0.2, 0.25) is 0 Å². The van der Waals surface area contributed by atoms with Crippen molar-refractivity contribution in [2.24, 2.45) is 0 Å². The minimum Gasteiger partial charge on any atom is -0.208 e. The van der Waals surface area contributed by atoms with E-state index in [9.17, 15) is 0 Å². The van der Waals surface area contributed by atoms with Gasteiger partial charge >= 0.3 is 0 Å². The highest BCUT2D eigenvalue weighted by Crippen LogP contribution is 2.38. The number of nitrogens with zero attached hydrogens (tertiary/aromatic N) is 3. The minimum absolute atomic E-state index is 0.647. The molecule has 8 aromatic carbocycles. The Kier molecular flexibility index (Phi) is 7.49. The van der Waals surface area contributed by atoms with Gasteiger partial charge in [-0.3, -0.25) is 0 Å². The second-order valence-electron chi connectivity index (χ2n) is 12.5. The van der Waals surface area contributed by atoms with Crippen molar-refractivity contribution in [3.8, 4) is 67.5 Å². The van der Waals surface area contributed by atoms with E-state index in [1.807, 2.05) is 36.4 Å². The van der Waals surface area contributed by atoms with Crippen LogP contribution in [0.25, 0.3) is 89.1 Å². The fourth-order valence-electron chi connectivity index (χ4n) is 6.78. The zero-order valence-electron chi connectivity index (χ0n) is 27.2. The maximum Gasteiger partial charge on any atom is 0.164 e. The van der Waals surface area contributed by atoms with Crippen LogP contribution >= 0.6 is 0 Å². The van der Waals surface area contributed by atoms with E-state index in [4.69, 9.17) is 15.0 Å². The molecule has 0 spiro atoms. The van der Waals surface area contributed by atoms with Crippen LogP contribution in [-0.4, -0.2) is 15.0 Å². The molecule has 0 aliphatic rings. The summed E-state index contributed by atoms with van der Waals surface area (Å²) in [6.07, 6.45) is 0. The largest absolute Gasteiger partial charge is 0.208 e. The standard InChI is InChI=1S/C47H31N3/c1-3-12-32(13-4-1)33-22-24-36(25-23-33)46-48-45(35-15-5-2-6-16-35)49-47(50-46)40-29-27-37-30-39(28-26-38(37)31-40)42-19-9-10-20-43(42)44-21-11-17-34-14-7-8-18-41(34)44/h1-31H. The van der Waals surface area contributed by atoms with E-state index in [0.29, 0.717) is 17.5 Å². The zero-order chi connectivity index (χ0) is 33.3. The van der Waals surface area contributed by atoms with Gasteiger partial charge in [-0.2, -0.15) is 0 Å². The highest BCUT2D eigenvalue weighted by atomic mass is 15.0. The quantitative estimate of drug-likeness (QED) is 0.182. The third kappa shape index (κ3) is 5.61. The molecule has 1 aromatic heterocycles. The summed E-state index contributed by atoms with van der Waals surface area (Å²) in [6, 6.07) is 66.0. The van der Waals surface area contributed by atoms with Crippen LogP contribution in [0.5, 0.6) is 0 Å². The summed E-state index contributed by atoms with van der Waals surface area (Å²) in [6.45, 7) is 0. The van der Waals surface area contributed by atoms with Crippen molar-refractivity contribution in [3.63, 3.8) is 0 Å². The van der Waals surface area contributed by atoms with Gasteiger partial charge < -0.3 is 0 Å². The van der Waals surface area contributed by atoms with E-state index in [1.54, 1.807) is 0 Å². The van der Waals surface area contributed by atoms with E-state index in [0.717, 1.165) is 33.0 Å². The van der Waals surface area contributed by atoms with E-state index < -0.39 is 0 Å². The number of fused-ring (bicyclic) bond motifs is 2. The zero-order valence-corrected chi connectivity index (χ0v) is 27.2. The molecule has 9 aromatic rings. The Hall–Kier alpha value is -6.71. The molecule has 0 bridgehead atoms. The number of hydrogen-bond acceptors (Lipinski definition) is 3. The lowest BCUT2D eigenvalue weighted by Crippen LogP contribution is -2.00. The minimum atomic E-state index is 0.647. The van der Waals surface area contributed by atoms with Crippen LogP contribution in [-0.2, 0) is 0 Å². The van der Waals surface area contributed by atoms with Crippen molar-refractivity contribution in [3.05, 3.63) is 188 Å². The average molecular weight is 638 g/mol. The molecule has 0 unspecified atom stereocenters. The monoisotopic (exact) mass is 637 g/mol. The van der Waals surface area contributed by atoms with Crippen LogP contribution in [0.4, 0.5) is 0 Å². The molecule has 1 heterocycles. The molecule has 3 heteroatoms. The molecule has 0 saturated heterocycles. The number of hydrogen-bond donors (Lipinski definition) is 0. The Morgan fingerprint density at radius 3 is 1.40 bits per heavy atom. The third-order valence-corrected chi connectivity index (χ3v) is 9.33. The number of rotatable bonds is 6. The van der Waals surface area contributed by atoms with Gasteiger partial charge in [0.05, 0.1) is 0 Å². The van der Waals surface area contributed by atoms with Crippen LogP contribution in [0.3, 0.4) is 0 Å². The molecule has 0 aliphatic carbocycles. The molecule has 234 valence electrons. The molecular formula is C47H31N3. The van der Waals surface area contributed by atoms with E-state index >= 15 is 0 Å². The first-order chi connectivity index (χ1) is 24.8. The third-order valence-electron chi connectivity index (χ3n) is 9.33. The molecule has 0 aliphatic heterocycles. The van der Waals surface area contributed by atoms with Crippen molar-refractivity contribution in [1.29, 1.82) is 0 Å². The van der Waals surface area contributed by atoms with Crippen LogP contribution in [0.15, 0.2) is 188 Å². The number of benzene rings is 8. The van der Waals surface area contributed by atoms with E-state index in [-0.39, 0.29) is 0 Å². The number of aromatic nitrogens is 3. The van der Waals surface area contributed by atoms with Gasteiger partial charge in [0.1, 0.15) is 0 Å².